The predicted octanol–water partition coefficient (Wildman–Crippen LogP) is -0.658. The highest BCUT2D eigenvalue weighted by Gasteiger charge is 2.26. The quantitative estimate of drug-likeness (QED) is 0.303. The Labute approximate surface area is 126 Å². The molecule has 1 rings (SSSR count). The van der Waals surface area contributed by atoms with Crippen molar-refractivity contribution in [2.45, 2.75) is 18.7 Å². The largest absolute Gasteiger partial charge is 0.861 e. The van der Waals surface area contributed by atoms with E-state index in [1.165, 1.54) is 13.0 Å². The number of nitro benzene ring substituents is 1. The number of hydrogen-bond donors (Lipinski definition) is 2. The molecule has 0 saturated heterocycles. The molecule has 0 amide bonds. The molecule has 0 aliphatic carbocycles. The maximum Gasteiger partial charge on any atom is 0.281 e. The minimum Gasteiger partial charge on any atom is -0.861 e. The van der Waals surface area contributed by atoms with E-state index in [9.17, 15) is 23.6 Å². The van der Waals surface area contributed by atoms with E-state index in [1.54, 1.807) is 0 Å². The third kappa shape index (κ3) is 3.59. The zero-order valence-electron chi connectivity index (χ0n) is 11.9. The highest BCUT2D eigenvalue weighted by Crippen LogP contribution is 2.24. The van der Waals surface area contributed by atoms with Gasteiger partial charge in [0, 0.05) is 17.0 Å². The van der Waals surface area contributed by atoms with Crippen LogP contribution in [0.1, 0.15) is 12.5 Å². The number of hydrogen-bond acceptors (Lipinski definition) is 7. The Hall–Kier alpha value is -2.04. The van der Waals surface area contributed by atoms with Crippen molar-refractivity contribution in [1.29, 1.82) is 0 Å². The molecule has 122 valence electrons. The number of sulfonamides is 1. The van der Waals surface area contributed by atoms with Gasteiger partial charge in [0.15, 0.2) is 0 Å². The van der Waals surface area contributed by atoms with Crippen molar-refractivity contribution < 1.29 is 28.7 Å². The van der Waals surface area contributed by atoms with Crippen LogP contribution >= 0.6 is 0 Å². The van der Waals surface area contributed by atoms with Gasteiger partial charge in [-0.3, -0.25) is 10.1 Å². The van der Waals surface area contributed by atoms with Gasteiger partial charge >= 0.3 is 0 Å². The zero-order chi connectivity index (χ0) is 17.1. The molecule has 2 N–H and O–H groups in total. The second-order valence-corrected chi connectivity index (χ2v) is 6.56. The molecular formula is C12H15N2O7S-. The first kappa shape index (κ1) is 18.0. The lowest BCUT2D eigenvalue weighted by Gasteiger charge is -2.30. The number of aryl methyl sites for hydroxylation is 1. The summed E-state index contributed by atoms with van der Waals surface area (Å²) in [5.74, 6) is -1.24. The Balaban J connectivity index is 3.37. The molecule has 9 nitrogen and oxygen atoms in total. The van der Waals surface area contributed by atoms with Gasteiger partial charge in [-0.2, -0.15) is 12.8 Å². The lowest BCUT2D eigenvalue weighted by Crippen LogP contribution is -2.43. The van der Waals surface area contributed by atoms with E-state index in [2.05, 4.69) is 4.40 Å². The maximum absolute atomic E-state index is 12.0. The van der Waals surface area contributed by atoms with Gasteiger partial charge in [-0.1, -0.05) is 13.0 Å². The molecule has 22 heavy (non-hydrogen) atoms. The van der Waals surface area contributed by atoms with Crippen molar-refractivity contribution in [2.24, 2.45) is 9.81 Å². The third-order valence-electron chi connectivity index (χ3n) is 3.09. The summed E-state index contributed by atoms with van der Waals surface area (Å²) >= 11 is 0. The molecule has 0 heterocycles. The molecule has 0 aliphatic heterocycles. The predicted molar refractivity (Wildman–Crippen MR) is 74.7 cm³/mol. The fraction of sp³-hybridized carbons (Fsp3) is 0.417. The van der Waals surface area contributed by atoms with E-state index in [4.69, 9.17) is 10.2 Å². The van der Waals surface area contributed by atoms with Crippen molar-refractivity contribution in [2.75, 3.05) is 13.2 Å². The van der Waals surface area contributed by atoms with Gasteiger partial charge < -0.3 is 15.3 Å². The van der Waals surface area contributed by atoms with Crippen LogP contribution < -0.4 is 5.11 Å². The SMILES string of the molecule is Cc1ccc(S(=O)(=O)/N=C(\[O-])C(C)(CO)CO)cc1[N+](=O)[O-]. The molecule has 0 spiro atoms. The Bertz CT molecular complexity index is 708. The Morgan fingerprint density at radius 3 is 2.36 bits per heavy atom. The Kier molecular flexibility index (Phi) is 5.22. The van der Waals surface area contributed by atoms with Crippen LogP contribution in [-0.4, -0.2) is 42.7 Å². The van der Waals surface area contributed by atoms with Crippen molar-refractivity contribution >= 4 is 21.6 Å². The van der Waals surface area contributed by atoms with E-state index in [0.29, 0.717) is 0 Å². The van der Waals surface area contributed by atoms with Crippen molar-refractivity contribution in [3.05, 3.63) is 33.9 Å². The second-order valence-electron chi connectivity index (χ2n) is 4.95. The van der Waals surface area contributed by atoms with Gasteiger partial charge in [-0.25, -0.2) is 0 Å². The number of benzene rings is 1. The van der Waals surface area contributed by atoms with Crippen molar-refractivity contribution in [1.82, 2.24) is 0 Å². The van der Waals surface area contributed by atoms with Gasteiger partial charge in [-0.15, -0.1) is 0 Å². The van der Waals surface area contributed by atoms with E-state index < -0.39 is 50.1 Å². The van der Waals surface area contributed by atoms with E-state index >= 15 is 0 Å². The van der Waals surface area contributed by atoms with E-state index in [-0.39, 0.29) is 5.56 Å². The van der Waals surface area contributed by atoms with Crippen LogP contribution in [0.15, 0.2) is 27.5 Å². The summed E-state index contributed by atoms with van der Waals surface area (Å²) < 4.78 is 27.1. The van der Waals surface area contributed by atoms with Crippen LogP contribution in [0.3, 0.4) is 0 Å². The van der Waals surface area contributed by atoms with Gasteiger partial charge in [0.2, 0.25) is 0 Å². The minimum absolute atomic E-state index is 0.255. The molecular weight excluding hydrogens is 316 g/mol. The smallest absolute Gasteiger partial charge is 0.281 e. The van der Waals surface area contributed by atoms with E-state index in [0.717, 1.165) is 19.1 Å². The topological polar surface area (TPSA) is 153 Å². The first-order valence-corrected chi connectivity index (χ1v) is 7.50. The molecule has 1 aromatic carbocycles. The normalized spacial score (nSPS) is 13.2. The standard InChI is InChI=1S/C12H16N2O7S/c1-8-3-4-9(5-10(8)14(18)19)22(20,21)13-11(17)12(2,6-15)7-16/h3-5,15-16H,6-7H2,1-2H3,(H,13,17)/p-1. The monoisotopic (exact) mass is 331 g/mol. The summed E-state index contributed by atoms with van der Waals surface area (Å²) in [5.41, 5.74) is -1.91. The maximum atomic E-state index is 12.0. The summed E-state index contributed by atoms with van der Waals surface area (Å²) in [7, 11) is -4.49. The molecule has 0 bridgehead atoms. The molecule has 0 unspecified atom stereocenters. The third-order valence-corrected chi connectivity index (χ3v) is 4.35. The second kappa shape index (κ2) is 6.38. The molecule has 0 aliphatic rings. The summed E-state index contributed by atoms with van der Waals surface area (Å²) in [4.78, 5) is 9.56. The fourth-order valence-corrected chi connectivity index (χ4v) is 2.45. The van der Waals surface area contributed by atoms with Crippen LogP contribution in [0.2, 0.25) is 0 Å². The average molecular weight is 331 g/mol. The molecule has 10 heteroatoms. The van der Waals surface area contributed by atoms with Crippen LogP contribution in [0.5, 0.6) is 0 Å². The van der Waals surface area contributed by atoms with Crippen LogP contribution in [-0.2, 0) is 10.0 Å². The highest BCUT2D eigenvalue weighted by molar-refractivity contribution is 7.90. The van der Waals surface area contributed by atoms with E-state index in [1.807, 2.05) is 0 Å². The molecule has 0 fully saturated rings. The van der Waals surface area contributed by atoms with Crippen molar-refractivity contribution in [3.8, 4) is 0 Å². The van der Waals surface area contributed by atoms with Gasteiger partial charge in [-0.05, 0) is 18.9 Å². The van der Waals surface area contributed by atoms with Crippen molar-refractivity contribution in [3.63, 3.8) is 0 Å². The Morgan fingerprint density at radius 2 is 1.91 bits per heavy atom. The molecule has 0 aromatic heterocycles. The number of nitrogens with zero attached hydrogens (tertiary/aromatic N) is 2. The summed E-state index contributed by atoms with van der Waals surface area (Å²) in [5, 5.41) is 40.7. The number of aliphatic hydroxyl groups is 2. The van der Waals surface area contributed by atoms with Gasteiger partial charge in [0.25, 0.3) is 15.7 Å². The zero-order valence-corrected chi connectivity index (χ0v) is 12.7. The fourth-order valence-electron chi connectivity index (χ4n) is 1.40. The summed E-state index contributed by atoms with van der Waals surface area (Å²) in [6, 6.07) is 3.11. The number of aliphatic hydroxyl groups excluding tert-OH is 2. The Morgan fingerprint density at radius 1 is 1.36 bits per heavy atom. The molecule has 0 saturated carbocycles. The average Bonchev–Trinajstić information content (AvgIpc) is 2.45. The van der Waals surface area contributed by atoms with Crippen LogP contribution in [0.4, 0.5) is 5.69 Å². The first-order chi connectivity index (χ1) is 10.1. The number of rotatable bonds is 6. The molecule has 1 aromatic rings. The minimum atomic E-state index is -4.49. The van der Waals surface area contributed by atoms with Crippen LogP contribution in [0, 0.1) is 22.5 Å². The molecule has 0 atom stereocenters. The van der Waals surface area contributed by atoms with Gasteiger partial charge in [0.1, 0.15) is 0 Å². The first-order valence-electron chi connectivity index (χ1n) is 6.06. The molecule has 0 radical (unpaired) electrons. The summed E-state index contributed by atoms with van der Waals surface area (Å²) in [6.07, 6.45) is 0. The summed E-state index contributed by atoms with van der Waals surface area (Å²) in [6.45, 7) is 0.988. The van der Waals surface area contributed by atoms with Crippen LogP contribution in [0.25, 0.3) is 0 Å². The lowest BCUT2D eigenvalue weighted by atomic mass is 9.93. The van der Waals surface area contributed by atoms with Gasteiger partial charge in [0.05, 0.1) is 23.0 Å². The highest BCUT2D eigenvalue weighted by atomic mass is 32.2. The number of nitro groups is 1. The lowest BCUT2D eigenvalue weighted by molar-refractivity contribution is -0.385.